The monoisotopic (exact) mass is 308 g/mol. The van der Waals surface area contributed by atoms with Gasteiger partial charge in [-0.2, -0.15) is 5.26 Å². The lowest BCUT2D eigenvalue weighted by atomic mass is 9.85. The van der Waals surface area contributed by atoms with Crippen molar-refractivity contribution < 1.29 is 4.79 Å². The highest BCUT2D eigenvalue weighted by molar-refractivity contribution is 6.11. The number of hydrogen-bond acceptors (Lipinski definition) is 3. The summed E-state index contributed by atoms with van der Waals surface area (Å²) >= 11 is 0. The van der Waals surface area contributed by atoms with Crippen molar-refractivity contribution in [2.45, 2.75) is 31.7 Å². The molecule has 1 aromatic carbocycles. The molecule has 0 spiro atoms. The van der Waals surface area contributed by atoms with Crippen LogP contribution in [0.4, 0.5) is 0 Å². The summed E-state index contributed by atoms with van der Waals surface area (Å²) in [7, 11) is 4.27. The maximum atomic E-state index is 12.2. The van der Waals surface area contributed by atoms with Crippen molar-refractivity contribution in [3.8, 4) is 6.07 Å². The summed E-state index contributed by atoms with van der Waals surface area (Å²) < 4.78 is 0. The summed E-state index contributed by atoms with van der Waals surface area (Å²) in [5.74, 6) is 0.336. The maximum absolute atomic E-state index is 12.2. The van der Waals surface area contributed by atoms with Gasteiger partial charge >= 0.3 is 0 Å². The van der Waals surface area contributed by atoms with Gasteiger partial charge < -0.3 is 4.90 Å². The first-order valence-corrected chi connectivity index (χ1v) is 8.16. The molecule has 0 N–H and O–H groups in total. The topological polar surface area (TPSA) is 44.1 Å². The average molecular weight is 308 g/mol. The van der Waals surface area contributed by atoms with Crippen LogP contribution < -0.4 is 0 Å². The van der Waals surface area contributed by atoms with Crippen molar-refractivity contribution in [2.24, 2.45) is 5.92 Å². The number of nitriles is 1. The molecule has 0 aromatic heterocycles. The van der Waals surface area contributed by atoms with Gasteiger partial charge in [0.15, 0.2) is 0 Å². The lowest BCUT2D eigenvalue weighted by molar-refractivity contribution is 0.103. The molecule has 0 unspecified atom stereocenters. The maximum Gasteiger partial charge on any atom is 0.203 e. The number of carbonyl (C=O) groups is 1. The van der Waals surface area contributed by atoms with Crippen LogP contribution in [0.1, 0.15) is 36.0 Å². The van der Waals surface area contributed by atoms with Gasteiger partial charge in [-0.3, -0.25) is 4.79 Å². The van der Waals surface area contributed by atoms with Gasteiger partial charge in [-0.05, 0) is 51.8 Å². The smallest absolute Gasteiger partial charge is 0.203 e. The predicted molar refractivity (Wildman–Crippen MR) is 93.0 cm³/mol. The van der Waals surface area contributed by atoms with Crippen LogP contribution in [-0.2, 0) is 0 Å². The second kappa shape index (κ2) is 8.45. The van der Waals surface area contributed by atoms with Crippen LogP contribution in [0.3, 0.4) is 0 Å². The van der Waals surface area contributed by atoms with E-state index in [-0.39, 0.29) is 11.4 Å². The van der Waals surface area contributed by atoms with Crippen LogP contribution in [0.15, 0.2) is 54.1 Å². The number of rotatable bonds is 5. The first-order valence-electron chi connectivity index (χ1n) is 8.16. The van der Waals surface area contributed by atoms with E-state index in [0.717, 1.165) is 0 Å². The van der Waals surface area contributed by atoms with E-state index in [0.29, 0.717) is 17.5 Å². The van der Waals surface area contributed by atoms with Crippen LogP contribution in [0.25, 0.3) is 0 Å². The summed E-state index contributed by atoms with van der Waals surface area (Å²) in [5.41, 5.74) is 0.745. The van der Waals surface area contributed by atoms with E-state index in [1.54, 1.807) is 30.3 Å². The molecule has 23 heavy (non-hydrogen) atoms. The van der Waals surface area contributed by atoms with Crippen molar-refractivity contribution in [2.75, 3.05) is 14.1 Å². The van der Waals surface area contributed by atoms with Gasteiger partial charge in [0.05, 0.1) is 5.57 Å². The number of carbonyl (C=O) groups excluding carboxylic acids is 1. The highest BCUT2D eigenvalue weighted by atomic mass is 16.1. The molecule has 2 rings (SSSR count). The molecule has 0 aliphatic heterocycles. The quantitative estimate of drug-likeness (QED) is 0.357. The van der Waals surface area contributed by atoms with Gasteiger partial charge in [0, 0.05) is 11.6 Å². The van der Waals surface area contributed by atoms with Crippen LogP contribution in [-0.4, -0.2) is 30.8 Å². The molecule has 0 saturated heterocycles. The molecule has 1 aliphatic rings. The molecule has 0 atom stereocenters. The first kappa shape index (κ1) is 17.2. The predicted octanol–water partition coefficient (Wildman–Crippen LogP) is 4.00. The number of Topliss-reactive ketones (excluding diaryl/α,β-unsaturated/α-hetero) is 1. The fraction of sp³-hybridized carbons (Fsp3) is 0.400. The van der Waals surface area contributed by atoms with E-state index in [9.17, 15) is 10.1 Å². The molecule has 1 saturated carbocycles. The summed E-state index contributed by atoms with van der Waals surface area (Å²) in [6.45, 7) is 0. The van der Waals surface area contributed by atoms with Crippen molar-refractivity contribution >= 4 is 5.78 Å². The normalized spacial score (nSPS) is 22.3. The van der Waals surface area contributed by atoms with Gasteiger partial charge in [0.2, 0.25) is 5.78 Å². The van der Waals surface area contributed by atoms with Crippen LogP contribution in [0.2, 0.25) is 0 Å². The second-order valence-electron chi connectivity index (χ2n) is 6.30. The summed E-state index contributed by atoms with van der Waals surface area (Å²) in [5, 5.41) is 9.21. The highest BCUT2D eigenvalue weighted by Crippen LogP contribution is 2.27. The lowest BCUT2D eigenvalue weighted by Crippen LogP contribution is -2.31. The summed E-state index contributed by atoms with van der Waals surface area (Å²) in [6.07, 6.45) is 10.4. The Kier molecular flexibility index (Phi) is 6.31. The zero-order valence-corrected chi connectivity index (χ0v) is 13.9. The number of nitrogens with zero attached hydrogens (tertiary/aromatic N) is 2. The second-order valence-corrected chi connectivity index (χ2v) is 6.30. The first-order chi connectivity index (χ1) is 11.1. The van der Waals surface area contributed by atoms with Crippen molar-refractivity contribution in [1.29, 1.82) is 5.26 Å². The van der Waals surface area contributed by atoms with Gasteiger partial charge in [-0.1, -0.05) is 42.5 Å². The van der Waals surface area contributed by atoms with E-state index < -0.39 is 0 Å². The third-order valence-electron chi connectivity index (χ3n) is 4.52. The minimum Gasteiger partial charge on any atom is -0.306 e. The fourth-order valence-corrected chi connectivity index (χ4v) is 3.03. The molecule has 120 valence electrons. The molecule has 0 bridgehead atoms. The molecule has 1 fully saturated rings. The lowest BCUT2D eigenvalue weighted by Gasteiger charge is -2.31. The van der Waals surface area contributed by atoms with Gasteiger partial charge in [0.25, 0.3) is 0 Å². The Morgan fingerprint density at radius 1 is 1.17 bits per heavy atom. The van der Waals surface area contributed by atoms with E-state index in [2.05, 4.69) is 25.1 Å². The molecule has 0 amide bonds. The van der Waals surface area contributed by atoms with Gasteiger partial charge in [0.1, 0.15) is 6.07 Å². The van der Waals surface area contributed by atoms with Crippen molar-refractivity contribution in [3.63, 3.8) is 0 Å². The standard InChI is InChI=1S/C20H24N2O/c1-22(2)19-13-11-16(12-14-19)7-6-10-18(15-21)20(23)17-8-4-3-5-9-17/h3-10,16,19H,11-14H2,1-2H3. The van der Waals surface area contributed by atoms with Crippen LogP contribution in [0.5, 0.6) is 0 Å². The van der Waals surface area contributed by atoms with Crippen LogP contribution >= 0.6 is 0 Å². The molecular weight excluding hydrogens is 284 g/mol. The minimum atomic E-state index is -0.214. The van der Waals surface area contributed by atoms with Crippen LogP contribution in [0, 0.1) is 17.2 Å². The molecule has 3 heteroatoms. The summed E-state index contributed by atoms with van der Waals surface area (Å²) in [6, 6.07) is 11.6. The molecular formula is C20H24N2O. The van der Waals surface area contributed by atoms with E-state index in [1.807, 2.05) is 18.2 Å². The zero-order chi connectivity index (χ0) is 16.7. The Hall–Kier alpha value is -2.18. The third-order valence-corrected chi connectivity index (χ3v) is 4.52. The Labute approximate surface area is 138 Å². The average Bonchev–Trinajstić information content (AvgIpc) is 2.59. The van der Waals surface area contributed by atoms with E-state index in [4.69, 9.17) is 0 Å². The molecule has 3 nitrogen and oxygen atoms in total. The fourth-order valence-electron chi connectivity index (χ4n) is 3.03. The summed E-state index contributed by atoms with van der Waals surface area (Å²) in [4.78, 5) is 14.5. The van der Waals surface area contributed by atoms with E-state index >= 15 is 0 Å². The number of ketones is 1. The van der Waals surface area contributed by atoms with Crippen molar-refractivity contribution in [3.05, 3.63) is 59.7 Å². The Bertz CT molecular complexity index is 615. The molecule has 0 heterocycles. The van der Waals surface area contributed by atoms with Crippen molar-refractivity contribution in [1.82, 2.24) is 4.90 Å². The SMILES string of the molecule is CN(C)C1CCC(C=CC=C(C#N)C(=O)c2ccccc2)CC1. The molecule has 1 aliphatic carbocycles. The van der Waals surface area contributed by atoms with E-state index in [1.165, 1.54) is 25.7 Å². The number of benzene rings is 1. The van der Waals surface area contributed by atoms with Gasteiger partial charge in [-0.15, -0.1) is 0 Å². The largest absolute Gasteiger partial charge is 0.306 e. The number of allylic oxidation sites excluding steroid dienone is 4. The molecule has 1 aromatic rings. The van der Waals surface area contributed by atoms with Gasteiger partial charge in [-0.25, -0.2) is 0 Å². The molecule has 0 radical (unpaired) electrons. The third kappa shape index (κ3) is 4.91. The Balaban J connectivity index is 1.95. The minimum absolute atomic E-state index is 0.189. The Morgan fingerprint density at radius 2 is 1.83 bits per heavy atom. The highest BCUT2D eigenvalue weighted by Gasteiger charge is 2.20. The zero-order valence-electron chi connectivity index (χ0n) is 13.9. The Morgan fingerprint density at radius 3 is 2.39 bits per heavy atom. The number of hydrogen-bond donors (Lipinski definition) is 0.